The SMILES string of the molecule is C[C@@H](C(=O)NCc1ccc2ncc(Cl)n2c1)N1CCCC1C(N)=O. The van der Waals surface area contributed by atoms with Crippen molar-refractivity contribution in [2.45, 2.75) is 38.4 Å². The zero-order chi connectivity index (χ0) is 17.3. The first-order valence-electron chi connectivity index (χ1n) is 7.91. The summed E-state index contributed by atoms with van der Waals surface area (Å²) in [6.45, 7) is 2.88. The van der Waals surface area contributed by atoms with Crippen molar-refractivity contribution in [2.24, 2.45) is 5.73 Å². The molecule has 128 valence electrons. The summed E-state index contributed by atoms with van der Waals surface area (Å²) in [5.41, 5.74) is 7.08. The molecule has 0 saturated carbocycles. The van der Waals surface area contributed by atoms with Gasteiger partial charge in [0.05, 0.1) is 18.3 Å². The average Bonchev–Trinajstić information content (AvgIpc) is 3.19. The van der Waals surface area contributed by atoms with Gasteiger partial charge in [0.25, 0.3) is 0 Å². The van der Waals surface area contributed by atoms with Gasteiger partial charge in [0.15, 0.2) is 0 Å². The number of primary amides is 1. The number of hydrogen-bond donors (Lipinski definition) is 2. The number of carbonyl (C=O) groups excluding carboxylic acids is 2. The summed E-state index contributed by atoms with van der Waals surface area (Å²) in [6.07, 6.45) is 5.01. The monoisotopic (exact) mass is 349 g/mol. The second-order valence-corrected chi connectivity index (χ2v) is 6.43. The van der Waals surface area contributed by atoms with Crippen molar-refractivity contribution in [1.29, 1.82) is 0 Å². The van der Waals surface area contributed by atoms with Crippen LogP contribution < -0.4 is 11.1 Å². The number of nitrogens with two attached hydrogens (primary N) is 1. The molecule has 1 fully saturated rings. The van der Waals surface area contributed by atoms with E-state index in [1.54, 1.807) is 17.5 Å². The molecule has 1 aliphatic rings. The number of hydrogen-bond acceptors (Lipinski definition) is 4. The Balaban J connectivity index is 1.63. The molecule has 2 amide bonds. The van der Waals surface area contributed by atoms with E-state index in [1.165, 1.54) is 0 Å². The predicted octanol–water partition coefficient (Wildman–Crippen LogP) is 0.942. The van der Waals surface area contributed by atoms with Crippen LogP contribution in [-0.4, -0.2) is 44.7 Å². The highest BCUT2D eigenvalue weighted by molar-refractivity contribution is 6.29. The molecule has 0 spiro atoms. The fourth-order valence-corrected chi connectivity index (χ4v) is 3.33. The topological polar surface area (TPSA) is 92.7 Å². The minimum atomic E-state index is -0.398. The summed E-state index contributed by atoms with van der Waals surface area (Å²) in [6, 6.07) is 2.99. The number of halogens is 1. The van der Waals surface area contributed by atoms with Gasteiger partial charge in [-0.15, -0.1) is 0 Å². The lowest BCUT2D eigenvalue weighted by atomic mass is 10.1. The number of nitrogens with one attached hydrogen (secondary N) is 1. The molecule has 0 radical (unpaired) electrons. The Morgan fingerprint density at radius 2 is 2.29 bits per heavy atom. The molecule has 0 aromatic carbocycles. The number of pyridine rings is 1. The van der Waals surface area contributed by atoms with Gasteiger partial charge in [0.2, 0.25) is 11.8 Å². The van der Waals surface area contributed by atoms with Crippen LogP contribution in [0.2, 0.25) is 5.15 Å². The fourth-order valence-electron chi connectivity index (χ4n) is 3.14. The summed E-state index contributed by atoms with van der Waals surface area (Å²) in [5.74, 6) is -0.493. The number of amides is 2. The molecule has 7 nitrogen and oxygen atoms in total. The maximum absolute atomic E-state index is 12.4. The predicted molar refractivity (Wildman–Crippen MR) is 90.4 cm³/mol. The van der Waals surface area contributed by atoms with Gasteiger partial charge >= 0.3 is 0 Å². The van der Waals surface area contributed by atoms with Crippen LogP contribution in [0.25, 0.3) is 5.65 Å². The first-order valence-corrected chi connectivity index (χ1v) is 8.29. The number of nitrogens with zero attached hydrogens (tertiary/aromatic N) is 3. The smallest absolute Gasteiger partial charge is 0.237 e. The molecular weight excluding hydrogens is 330 g/mol. The Hall–Kier alpha value is -2.12. The van der Waals surface area contributed by atoms with Crippen LogP contribution in [0.5, 0.6) is 0 Å². The van der Waals surface area contributed by atoms with Crippen molar-refractivity contribution in [1.82, 2.24) is 19.6 Å². The Morgan fingerprint density at radius 3 is 3.04 bits per heavy atom. The van der Waals surface area contributed by atoms with Crippen LogP contribution in [0.4, 0.5) is 0 Å². The van der Waals surface area contributed by atoms with E-state index in [-0.39, 0.29) is 17.9 Å². The second-order valence-electron chi connectivity index (χ2n) is 6.04. The minimum absolute atomic E-state index is 0.125. The maximum Gasteiger partial charge on any atom is 0.237 e. The molecule has 24 heavy (non-hydrogen) atoms. The first kappa shape index (κ1) is 16.7. The van der Waals surface area contributed by atoms with Gasteiger partial charge in [0, 0.05) is 12.7 Å². The number of likely N-dealkylation sites (tertiary alicyclic amines) is 1. The highest BCUT2D eigenvalue weighted by Crippen LogP contribution is 2.20. The average molecular weight is 350 g/mol. The van der Waals surface area contributed by atoms with Crippen molar-refractivity contribution in [3.05, 3.63) is 35.2 Å². The van der Waals surface area contributed by atoms with Gasteiger partial charge in [0.1, 0.15) is 10.8 Å². The van der Waals surface area contributed by atoms with E-state index in [9.17, 15) is 9.59 Å². The fraction of sp³-hybridized carbons (Fsp3) is 0.438. The van der Waals surface area contributed by atoms with Crippen LogP contribution in [-0.2, 0) is 16.1 Å². The molecule has 8 heteroatoms. The lowest BCUT2D eigenvalue weighted by Gasteiger charge is -2.27. The van der Waals surface area contributed by atoms with Gasteiger partial charge in [-0.25, -0.2) is 4.98 Å². The lowest BCUT2D eigenvalue weighted by molar-refractivity contribution is -0.129. The van der Waals surface area contributed by atoms with Crippen LogP contribution in [0.1, 0.15) is 25.3 Å². The van der Waals surface area contributed by atoms with E-state index in [0.29, 0.717) is 24.7 Å². The van der Waals surface area contributed by atoms with Gasteiger partial charge < -0.3 is 11.1 Å². The Kier molecular flexibility index (Phi) is 4.73. The Morgan fingerprint density at radius 1 is 1.50 bits per heavy atom. The van der Waals surface area contributed by atoms with Gasteiger partial charge in [-0.2, -0.15) is 0 Å². The third-order valence-electron chi connectivity index (χ3n) is 4.49. The van der Waals surface area contributed by atoms with Crippen LogP contribution in [0.3, 0.4) is 0 Å². The quantitative estimate of drug-likeness (QED) is 0.840. The second kappa shape index (κ2) is 6.78. The lowest BCUT2D eigenvalue weighted by Crippen LogP contribution is -2.50. The molecule has 2 atom stereocenters. The molecule has 3 N–H and O–H groups in total. The molecule has 3 rings (SSSR count). The zero-order valence-electron chi connectivity index (χ0n) is 13.4. The third kappa shape index (κ3) is 3.22. The van der Waals surface area contributed by atoms with E-state index in [4.69, 9.17) is 17.3 Å². The van der Waals surface area contributed by atoms with Crippen LogP contribution in [0.15, 0.2) is 24.5 Å². The summed E-state index contributed by atoms with van der Waals surface area (Å²) in [4.78, 5) is 29.9. The molecule has 1 unspecified atom stereocenters. The molecule has 1 aliphatic heterocycles. The Labute approximate surface area is 144 Å². The number of aromatic nitrogens is 2. The van der Waals surface area contributed by atoms with Crippen LogP contribution >= 0.6 is 11.6 Å². The van der Waals surface area contributed by atoms with Crippen molar-refractivity contribution < 1.29 is 9.59 Å². The molecular formula is C16H20ClN5O2. The van der Waals surface area contributed by atoms with Gasteiger partial charge in [-0.1, -0.05) is 17.7 Å². The van der Waals surface area contributed by atoms with E-state index in [1.807, 2.05) is 23.2 Å². The Bertz CT molecular complexity index is 775. The van der Waals surface area contributed by atoms with Crippen LogP contribution in [0, 0.1) is 0 Å². The minimum Gasteiger partial charge on any atom is -0.368 e. The number of fused-ring (bicyclic) bond motifs is 1. The van der Waals surface area contributed by atoms with Crippen molar-refractivity contribution in [3.63, 3.8) is 0 Å². The summed E-state index contributed by atoms with van der Waals surface area (Å²) < 4.78 is 1.76. The summed E-state index contributed by atoms with van der Waals surface area (Å²) in [5, 5.41) is 3.42. The van der Waals surface area contributed by atoms with Crippen molar-refractivity contribution in [2.75, 3.05) is 6.54 Å². The van der Waals surface area contributed by atoms with E-state index < -0.39 is 6.04 Å². The summed E-state index contributed by atoms with van der Waals surface area (Å²) in [7, 11) is 0. The maximum atomic E-state index is 12.4. The normalized spacial score (nSPS) is 19.5. The standard InChI is InChI=1S/C16H20ClN5O2/c1-10(21-6-2-3-12(21)15(18)23)16(24)20-7-11-4-5-14-19-8-13(17)22(14)9-11/h4-5,8-10,12H,2-3,6-7H2,1H3,(H2,18,23)(H,20,24)/t10-,12?/m0/s1. The molecule has 1 saturated heterocycles. The molecule has 2 aromatic heterocycles. The highest BCUT2D eigenvalue weighted by atomic mass is 35.5. The highest BCUT2D eigenvalue weighted by Gasteiger charge is 2.35. The van der Waals surface area contributed by atoms with E-state index >= 15 is 0 Å². The number of carbonyl (C=O) groups is 2. The number of imidazole rings is 1. The van der Waals surface area contributed by atoms with E-state index in [2.05, 4.69) is 10.3 Å². The third-order valence-corrected chi connectivity index (χ3v) is 4.77. The molecule has 3 heterocycles. The molecule has 2 aromatic rings. The van der Waals surface area contributed by atoms with Gasteiger partial charge in [-0.05, 0) is 37.9 Å². The van der Waals surface area contributed by atoms with Crippen molar-refractivity contribution >= 4 is 29.1 Å². The van der Waals surface area contributed by atoms with E-state index in [0.717, 1.165) is 17.6 Å². The van der Waals surface area contributed by atoms with Gasteiger partial charge in [-0.3, -0.25) is 18.9 Å². The zero-order valence-corrected chi connectivity index (χ0v) is 14.2. The molecule has 0 bridgehead atoms. The molecule has 0 aliphatic carbocycles. The number of rotatable bonds is 5. The summed E-state index contributed by atoms with van der Waals surface area (Å²) >= 11 is 6.05. The first-order chi connectivity index (χ1) is 11.5. The van der Waals surface area contributed by atoms with Crippen molar-refractivity contribution in [3.8, 4) is 0 Å². The largest absolute Gasteiger partial charge is 0.368 e.